The van der Waals surface area contributed by atoms with Crippen LogP contribution >= 0.6 is 0 Å². The van der Waals surface area contributed by atoms with E-state index in [-0.39, 0.29) is 6.42 Å². The van der Waals surface area contributed by atoms with Crippen molar-refractivity contribution >= 4 is 18.2 Å². The van der Waals surface area contributed by atoms with Crippen molar-refractivity contribution in [3.05, 3.63) is 71.8 Å². The maximum absolute atomic E-state index is 11.1. The highest BCUT2D eigenvalue weighted by molar-refractivity contribution is 5.83. The second-order valence-electron chi connectivity index (χ2n) is 4.82. The zero-order chi connectivity index (χ0) is 17.0. The molecule has 1 amide bonds. The third kappa shape index (κ3) is 6.16. The van der Waals surface area contributed by atoms with Gasteiger partial charge in [0.2, 0.25) is 0 Å². The number of carbonyl (C=O) groups excluding carboxylic acids is 1. The summed E-state index contributed by atoms with van der Waals surface area (Å²) < 4.78 is 5.66. The normalized spacial score (nSPS) is 10.6. The smallest absolute Gasteiger partial charge is 0.254 e. The molecule has 0 unspecified atom stereocenters. The molecule has 0 saturated carbocycles. The average molecular weight is 319 g/mol. The van der Waals surface area contributed by atoms with E-state index in [9.17, 15) is 4.79 Å². The molecule has 5 heteroatoms. The summed E-state index contributed by atoms with van der Waals surface area (Å²) in [4.78, 5) is 11.1. The number of rotatable bonds is 7. The monoisotopic (exact) mass is 319 g/mol. The molecular formula is C19H17N3O2. The van der Waals surface area contributed by atoms with Gasteiger partial charge in [-0.25, -0.2) is 5.43 Å². The van der Waals surface area contributed by atoms with Crippen LogP contribution in [0.3, 0.4) is 0 Å². The van der Waals surface area contributed by atoms with E-state index in [1.807, 2.05) is 66.7 Å². The molecule has 0 heterocycles. The Kier molecular flexibility index (Phi) is 6.78. The molecule has 0 fully saturated rings. The molecule has 0 aliphatic heterocycles. The Hall–Kier alpha value is -3.39. The number of nitrogens with one attached hydrogen (secondary N) is 1. The predicted molar refractivity (Wildman–Crippen MR) is 93.4 cm³/mol. The van der Waals surface area contributed by atoms with Crippen LogP contribution in [0.5, 0.6) is 5.75 Å². The minimum atomic E-state index is -0.438. The van der Waals surface area contributed by atoms with Crippen LogP contribution in [-0.4, -0.2) is 18.7 Å². The molecule has 0 aromatic heterocycles. The lowest BCUT2D eigenvalue weighted by atomic mass is 10.2. The molecule has 1 N–H and O–H groups in total. The fourth-order valence-electron chi connectivity index (χ4n) is 1.87. The van der Waals surface area contributed by atoms with E-state index in [4.69, 9.17) is 10.00 Å². The second-order valence-corrected chi connectivity index (χ2v) is 4.82. The average Bonchev–Trinajstić information content (AvgIpc) is 2.60. The first-order valence-electron chi connectivity index (χ1n) is 7.41. The standard InChI is InChI=1S/C19H17N3O2/c20-12-11-19(23)22-21-15-17-8-4-10-18(14-17)24-13-5-9-16-6-2-1-3-7-16/h1-10,14-15H,11,13H2,(H,22,23)/b9-5+,21-15?. The highest BCUT2D eigenvalue weighted by Crippen LogP contribution is 2.12. The van der Waals surface area contributed by atoms with Gasteiger partial charge in [-0.15, -0.1) is 0 Å². The predicted octanol–water partition coefficient (Wildman–Crippen LogP) is 3.14. The van der Waals surface area contributed by atoms with Crippen molar-refractivity contribution in [2.75, 3.05) is 6.61 Å². The molecule has 24 heavy (non-hydrogen) atoms. The lowest BCUT2D eigenvalue weighted by molar-refractivity contribution is -0.120. The molecule has 2 rings (SSSR count). The Morgan fingerprint density at radius 3 is 2.75 bits per heavy atom. The first-order chi connectivity index (χ1) is 11.8. The van der Waals surface area contributed by atoms with Gasteiger partial charge in [0, 0.05) is 0 Å². The molecule has 120 valence electrons. The van der Waals surface area contributed by atoms with Gasteiger partial charge in [0.15, 0.2) is 0 Å². The van der Waals surface area contributed by atoms with E-state index in [1.165, 1.54) is 6.21 Å². The lowest BCUT2D eigenvalue weighted by Crippen LogP contribution is -2.16. The van der Waals surface area contributed by atoms with Gasteiger partial charge < -0.3 is 4.74 Å². The Balaban J connectivity index is 1.84. The minimum absolute atomic E-state index is 0.214. The van der Waals surface area contributed by atoms with Gasteiger partial charge in [-0.1, -0.05) is 48.5 Å². The Bertz CT molecular complexity index is 762. The highest BCUT2D eigenvalue weighted by Gasteiger charge is 1.97. The molecule has 0 aliphatic carbocycles. The van der Waals surface area contributed by atoms with Crippen molar-refractivity contribution in [2.24, 2.45) is 5.10 Å². The molecule has 0 bridgehead atoms. The first kappa shape index (κ1) is 17.0. The van der Waals surface area contributed by atoms with Crippen molar-refractivity contribution in [1.82, 2.24) is 5.43 Å². The maximum Gasteiger partial charge on any atom is 0.254 e. The van der Waals surface area contributed by atoms with Crippen molar-refractivity contribution in [3.63, 3.8) is 0 Å². The van der Waals surface area contributed by atoms with Crippen LogP contribution in [0.2, 0.25) is 0 Å². The molecule has 0 radical (unpaired) electrons. The van der Waals surface area contributed by atoms with Crippen LogP contribution < -0.4 is 10.2 Å². The van der Waals surface area contributed by atoms with Crippen LogP contribution in [0.25, 0.3) is 6.08 Å². The Labute approximate surface area is 140 Å². The van der Waals surface area contributed by atoms with Crippen molar-refractivity contribution in [2.45, 2.75) is 6.42 Å². The fraction of sp³-hybridized carbons (Fsp3) is 0.105. The molecule has 2 aromatic rings. The summed E-state index contributed by atoms with van der Waals surface area (Å²) >= 11 is 0. The van der Waals surface area contributed by atoms with Gasteiger partial charge in [0.1, 0.15) is 18.8 Å². The molecular weight excluding hydrogens is 302 g/mol. The van der Waals surface area contributed by atoms with Gasteiger partial charge >= 0.3 is 0 Å². The van der Waals surface area contributed by atoms with Gasteiger partial charge in [-0.3, -0.25) is 4.79 Å². The first-order valence-corrected chi connectivity index (χ1v) is 7.41. The van der Waals surface area contributed by atoms with Crippen LogP contribution in [0.15, 0.2) is 65.8 Å². The van der Waals surface area contributed by atoms with E-state index in [1.54, 1.807) is 6.07 Å². The zero-order valence-electron chi connectivity index (χ0n) is 13.1. The third-order valence-corrected chi connectivity index (χ3v) is 2.96. The Morgan fingerprint density at radius 1 is 1.17 bits per heavy atom. The van der Waals surface area contributed by atoms with E-state index in [0.29, 0.717) is 12.4 Å². The number of nitriles is 1. The number of ether oxygens (including phenoxy) is 1. The van der Waals surface area contributed by atoms with Crippen LogP contribution in [0, 0.1) is 11.3 Å². The summed E-state index contributed by atoms with van der Waals surface area (Å²) in [6.45, 7) is 0.453. The SMILES string of the molecule is N#CCC(=O)NN=Cc1cccc(OC/C=C/c2ccccc2)c1. The van der Waals surface area contributed by atoms with E-state index in [0.717, 1.165) is 11.1 Å². The summed E-state index contributed by atoms with van der Waals surface area (Å²) in [6.07, 6.45) is 5.23. The molecule has 0 spiro atoms. The van der Waals surface area contributed by atoms with Crippen molar-refractivity contribution in [3.8, 4) is 11.8 Å². The van der Waals surface area contributed by atoms with Crippen LogP contribution in [0.1, 0.15) is 17.5 Å². The maximum atomic E-state index is 11.1. The van der Waals surface area contributed by atoms with Gasteiger partial charge in [-0.05, 0) is 29.3 Å². The summed E-state index contributed by atoms with van der Waals surface area (Å²) in [5.41, 5.74) is 4.19. The summed E-state index contributed by atoms with van der Waals surface area (Å²) in [6, 6.07) is 19.1. The number of hydrogen-bond acceptors (Lipinski definition) is 4. The molecule has 0 saturated heterocycles. The van der Waals surface area contributed by atoms with E-state index < -0.39 is 5.91 Å². The number of amides is 1. The van der Waals surface area contributed by atoms with E-state index in [2.05, 4.69) is 10.5 Å². The zero-order valence-corrected chi connectivity index (χ0v) is 13.1. The number of hydrogen-bond donors (Lipinski definition) is 1. The summed E-state index contributed by atoms with van der Waals surface area (Å²) in [5, 5.41) is 12.2. The Morgan fingerprint density at radius 2 is 1.96 bits per heavy atom. The number of hydrazone groups is 1. The van der Waals surface area contributed by atoms with Gasteiger partial charge in [-0.2, -0.15) is 10.4 Å². The van der Waals surface area contributed by atoms with E-state index >= 15 is 0 Å². The second kappa shape index (κ2) is 9.59. The summed E-state index contributed by atoms with van der Waals surface area (Å²) in [7, 11) is 0. The third-order valence-electron chi connectivity index (χ3n) is 2.96. The highest BCUT2D eigenvalue weighted by atomic mass is 16.5. The molecule has 2 aromatic carbocycles. The van der Waals surface area contributed by atoms with Crippen molar-refractivity contribution in [1.29, 1.82) is 5.26 Å². The largest absolute Gasteiger partial charge is 0.490 e. The number of benzene rings is 2. The molecule has 5 nitrogen and oxygen atoms in total. The number of nitrogens with zero attached hydrogens (tertiary/aromatic N) is 2. The number of carbonyl (C=O) groups is 1. The van der Waals surface area contributed by atoms with Gasteiger partial charge in [0.05, 0.1) is 12.3 Å². The van der Waals surface area contributed by atoms with Crippen molar-refractivity contribution < 1.29 is 9.53 Å². The topological polar surface area (TPSA) is 74.5 Å². The molecule has 0 aliphatic rings. The quantitative estimate of drug-likeness (QED) is 0.629. The van der Waals surface area contributed by atoms with Crippen LogP contribution in [-0.2, 0) is 4.79 Å². The fourth-order valence-corrected chi connectivity index (χ4v) is 1.87. The summed E-state index contributed by atoms with van der Waals surface area (Å²) in [5.74, 6) is 0.271. The minimum Gasteiger partial charge on any atom is -0.490 e. The van der Waals surface area contributed by atoms with Crippen LogP contribution in [0.4, 0.5) is 0 Å². The lowest BCUT2D eigenvalue weighted by Gasteiger charge is -2.04. The molecule has 0 atom stereocenters. The van der Waals surface area contributed by atoms with Gasteiger partial charge in [0.25, 0.3) is 5.91 Å².